The molecule has 0 N–H and O–H groups in total. The Labute approximate surface area is 137 Å². The smallest absolute Gasteiger partial charge is 0.319 e. The minimum Gasteiger partial charge on any atom is -0.355 e. The third-order valence-corrected chi connectivity index (χ3v) is 4.33. The van der Waals surface area contributed by atoms with E-state index >= 15 is 0 Å². The van der Waals surface area contributed by atoms with Crippen LogP contribution in [0.3, 0.4) is 0 Å². The van der Waals surface area contributed by atoms with E-state index in [4.69, 9.17) is 0 Å². The van der Waals surface area contributed by atoms with Gasteiger partial charge in [-0.15, -0.1) is 10.2 Å². The van der Waals surface area contributed by atoms with Gasteiger partial charge in [-0.2, -0.15) is 8.78 Å². The number of piperazine rings is 1. The summed E-state index contributed by atoms with van der Waals surface area (Å²) in [5, 5.41) is 8.00. The highest BCUT2D eigenvalue weighted by Crippen LogP contribution is 2.19. The van der Waals surface area contributed by atoms with Gasteiger partial charge in [0.1, 0.15) is 18.0 Å². The fraction of sp³-hybridized carbons (Fsp3) is 0.400. The van der Waals surface area contributed by atoms with Gasteiger partial charge in [0.05, 0.1) is 6.54 Å². The summed E-state index contributed by atoms with van der Waals surface area (Å²) >= 11 is 0. The largest absolute Gasteiger partial charge is 0.355 e. The molecule has 4 rings (SSSR count). The van der Waals surface area contributed by atoms with Crippen LogP contribution in [0.15, 0.2) is 36.9 Å². The van der Waals surface area contributed by atoms with Gasteiger partial charge in [0.15, 0.2) is 5.65 Å². The Bertz CT molecular complexity index is 820. The van der Waals surface area contributed by atoms with Gasteiger partial charge < -0.3 is 4.90 Å². The zero-order chi connectivity index (χ0) is 16.5. The van der Waals surface area contributed by atoms with Crippen LogP contribution in [0.2, 0.25) is 0 Å². The van der Waals surface area contributed by atoms with E-state index in [1.165, 1.54) is 12.4 Å². The molecule has 0 spiro atoms. The minimum atomic E-state index is -2.55. The second-order valence-electron chi connectivity index (χ2n) is 5.73. The summed E-state index contributed by atoms with van der Waals surface area (Å²) in [6.07, 6.45) is 4.45. The number of anilines is 1. The Morgan fingerprint density at radius 2 is 1.96 bits per heavy atom. The number of rotatable bonds is 4. The maximum atomic E-state index is 12.9. The van der Waals surface area contributed by atoms with E-state index in [9.17, 15) is 8.78 Å². The standard InChI is InChI=1S/C15H17F2N7/c16-15(17)23-5-4-18-13(23)10-21-6-8-22(9-7-21)14-3-1-2-12-20-19-11-24(12)14/h1-5,11,15H,6-10H2. The van der Waals surface area contributed by atoms with Crippen LogP contribution in [0.5, 0.6) is 0 Å². The lowest BCUT2D eigenvalue weighted by Crippen LogP contribution is -2.46. The zero-order valence-electron chi connectivity index (χ0n) is 13.0. The predicted molar refractivity (Wildman–Crippen MR) is 84.0 cm³/mol. The SMILES string of the molecule is FC(F)n1ccnc1CN1CCN(c2cccc3nncn23)CC1. The van der Waals surface area contributed by atoms with Gasteiger partial charge in [0, 0.05) is 38.6 Å². The van der Waals surface area contributed by atoms with Crippen LogP contribution in [-0.2, 0) is 6.54 Å². The quantitative estimate of drug-likeness (QED) is 0.727. The first-order valence-electron chi connectivity index (χ1n) is 7.78. The van der Waals surface area contributed by atoms with E-state index in [2.05, 4.69) is 25.0 Å². The van der Waals surface area contributed by atoms with E-state index in [1.54, 1.807) is 6.33 Å². The Balaban J connectivity index is 1.43. The molecule has 1 fully saturated rings. The lowest BCUT2D eigenvalue weighted by molar-refractivity contribution is 0.0636. The first-order chi connectivity index (χ1) is 11.7. The molecule has 0 amide bonds. The van der Waals surface area contributed by atoms with Crippen molar-refractivity contribution in [1.29, 1.82) is 0 Å². The van der Waals surface area contributed by atoms with Crippen LogP contribution >= 0.6 is 0 Å². The number of fused-ring (bicyclic) bond motifs is 1. The Hall–Kier alpha value is -2.55. The second-order valence-corrected chi connectivity index (χ2v) is 5.73. The van der Waals surface area contributed by atoms with Crippen LogP contribution in [0.25, 0.3) is 5.65 Å². The van der Waals surface area contributed by atoms with Gasteiger partial charge in [0.25, 0.3) is 0 Å². The molecule has 3 aromatic rings. The van der Waals surface area contributed by atoms with Gasteiger partial charge in [-0.05, 0) is 12.1 Å². The van der Waals surface area contributed by atoms with Gasteiger partial charge >= 0.3 is 6.55 Å². The fourth-order valence-corrected chi connectivity index (χ4v) is 3.07. The molecule has 0 aliphatic carbocycles. The number of pyridine rings is 1. The number of imidazole rings is 1. The van der Waals surface area contributed by atoms with Gasteiger partial charge in [-0.1, -0.05) is 6.07 Å². The summed E-state index contributed by atoms with van der Waals surface area (Å²) in [6, 6.07) is 5.91. The van der Waals surface area contributed by atoms with Crippen LogP contribution in [0.1, 0.15) is 12.4 Å². The molecule has 7 nitrogen and oxygen atoms in total. The Kier molecular flexibility index (Phi) is 3.85. The summed E-state index contributed by atoms with van der Waals surface area (Å²) < 4.78 is 28.7. The van der Waals surface area contributed by atoms with Crippen molar-refractivity contribution in [3.63, 3.8) is 0 Å². The summed E-state index contributed by atoms with van der Waals surface area (Å²) in [5.74, 6) is 1.45. The third-order valence-electron chi connectivity index (χ3n) is 4.33. The molecule has 1 saturated heterocycles. The average molecular weight is 333 g/mol. The van der Waals surface area contributed by atoms with Crippen molar-refractivity contribution in [3.8, 4) is 0 Å². The van der Waals surface area contributed by atoms with Crippen molar-refractivity contribution in [2.75, 3.05) is 31.1 Å². The molecule has 1 aliphatic heterocycles. The van der Waals surface area contributed by atoms with E-state index < -0.39 is 6.55 Å². The number of halogens is 2. The highest BCUT2D eigenvalue weighted by Gasteiger charge is 2.21. The molecule has 3 aromatic heterocycles. The lowest BCUT2D eigenvalue weighted by Gasteiger charge is -2.35. The molecular weight excluding hydrogens is 316 g/mol. The first-order valence-corrected chi connectivity index (χ1v) is 7.78. The molecule has 0 aromatic carbocycles. The third kappa shape index (κ3) is 2.71. The highest BCUT2D eigenvalue weighted by atomic mass is 19.3. The number of hydrogen-bond acceptors (Lipinski definition) is 5. The lowest BCUT2D eigenvalue weighted by atomic mass is 10.3. The van der Waals surface area contributed by atoms with Crippen LogP contribution in [0.4, 0.5) is 14.6 Å². The highest BCUT2D eigenvalue weighted by molar-refractivity contribution is 5.50. The van der Waals surface area contributed by atoms with Gasteiger partial charge in [-0.25, -0.2) is 4.98 Å². The monoisotopic (exact) mass is 333 g/mol. The summed E-state index contributed by atoms with van der Waals surface area (Å²) in [7, 11) is 0. The van der Waals surface area contributed by atoms with E-state index in [0.717, 1.165) is 42.2 Å². The molecule has 126 valence electrons. The van der Waals surface area contributed by atoms with Crippen molar-refractivity contribution in [2.45, 2.75) is 13.1 Å². The molecule has 4 heterocycles. The molecule has 0 radical (unpaired) electrons. The average Bonchev–Trinajstić information content (AvgIpc) is 3.24. The molecule has 0 unspecified atom stereocenters. The van der Waals surface area contributed by atoms with E-state index in [1.807, 2.05) is 22.6 Å². The number of nitrogens with zero attached hydrogens (tertiary/aromatic N) is 7. The zero-order valence-corrected chi connectivity index (χ0v) is 13.0. The normalized spacial score (nSPS) is 16.4. The van der Waals surface area contributed by atoms with Crippen molar-refractivity contribution in [2.24, 2.45) is 0 Å². The van der Waals surface area contributed by atoms with Crippen molar-refractivity contribution in [3.05, 3.63) is 42.7 Å². The molecular formula is C15H17F2N7. The molecule has 9 heteroatoms. The van der Waals surface area contributed by atoms with Crippen molar-refractivity contribution >= 4 is 11.5 Å². The molecule has 0 bridgehead atoms. The molecule has 0 saturated carbocycles. The Morgan fingerprint density at radius 1 is 1.12 bits per heavy atom. The molecule has 1 aliphatic rings. The summed E-state index contributed by atoms with van der Waals surface area (Å²) in [5.41, 5.74) is 0.814. The maximum absolute atomic E-state index is 12.9. The molecule has 24 heavy (non-hydrogen) atoms. The number of alkyl halides is 2. The Morgan fingerprint density at radius 3 is 2.75 bits per heavy atom. The van der Waals surface area contributed by atoms with Crippen LogP contribution in [-0.4, -0.2) is 55.2 Å². The van der Waals surface area contributed by atoms with Crippen LogP contribution < -0.4 is 4.90 Å². The second kappa shape index (κ2) is 6.16. The summed E-state index contributed by atoms with van der Waals surface area (Å²) in [4.78, 5) is 8.45. The van der Waals surface area contributed by atoms with Crippen molar-refractivity contribution in [1.82, 2.24) is 29.0 Å². The number of aromatic nitrogens is 5. The molecule has 0 atom stereocenters. The first kappa shape index (κ1) is 15.0. The topological polar surface area (TPSA) is 54.5 Å². The van der Waals surface area contributed by atoms with Gasteiger partial charge in [0.2, 0.25) is 0 Å². The number of hydrogen-bond donors (Lipinski definition) is 0. The predicted octanol–water partition coefficient (Wildman–Crippen LogP) is 1.64. The van der Waals surface area contributed by atoms with E-state index in [0.29, 0.717) is 12.4 Å². The van der Waals surface area contributed by atoms with Gasteiger partial charge in [-0.3, -0.25) is 13.9 Å². The minimum absolute atomic E-state index is 0.402. The van der Waals surface area contributed by atoms with Crippen molar-refractivity contribution < 1.29 is 8.78 Å². The van der Waals surface area contributed by atoms with E-state index in [-0.39, 0.29) is 0 Å². The maximum Gasteiger partial charge on any atom is 0.319 e. The van der Waals surface area contributed by atoms with Crippen LogP contribution in [0, 0.1) is 0 Å². The fourth-order valence-electron chi connectivity index (χ4n) is 3.07. The summed E-state index contributed by atoms with van der Waals surface area (Å²) in [6.45, 7) is 1.08.